The first kappa shape index (κ1) is 15.0. The van der Waals surface area contributed by atoms with Crippen molar-refractivity contribution in [2.75, 3.05) is 6.54 Å². The first-order valence-corrected chi connectivity index (χ1v) is 7.59. The number of alkyl carbamates (subject to hydrolysis) is 1. The highest BCUT2D eigenvalue weighted by atomic mass is 79.9. The molecule has 1 amide bonds. The Balaban J connectivity index is 2.31. The molecule has 1 N–H and O–H groups in total. The van der Waals surface area contributed by atoms with Crippen molar-refractivity contribution in [3.05, 3.63) is 19.2 Å². The topological polar surface area (TPSA) is 38.3 Å². The maximum atomic E-state index is 11.4. The molecule has 17 heavy (non-hydrogen) atoms. The maximum Gasteiger partial charge on any atom is 0.407 e. The molecular weight excluding hydrogens is 370 g/mol. The highest BCUT2D eigenvalue weighted by Crippen LogP contribution is 2.32. The number of ether oxygens (including phenoxy) is 1. The Kier molecular flexibility index (Phi) is 5.47. The molecule has 96 valence electrons. The van der Waals surface area contributed by atoms with E-state index >= 15 is 0 Å². The SMILES string of the molecule is CC(C)(C)OC(=O)NCCc1cc(Br)c(Br)s1. The van der Waals surface area contributed by atoms with E-state index in [1.807, 2.05) is 26.8 Å². The smallest absolute Gasteiger partial charge is 0.407 e. The van der Waals surface area contributed by atoms with E-state index in [2.05, 4.69) is 37.2 Å². The number of carbonyl (C=O) groups is 1. The molecule has 0 radical (unpaired) electrons. The van der Waals surface area contributed by atoms with Gasteiger partial charge in [-0.3, -0.25) is 0 Å². The van der Waals surface area contributed by atoms with Crippen molar-refractivity contribution >= 4 is 49.3 Å². The number of hydrogen-bond donors (Lipinski definition) is 1. The van der Waals surface area contributed by atoms with Gasteiger partial charge in [0.1, 0.15) is 5.60 Å². The molecule has 0 aromatic carbocycles. The van der Waals surface area contributed by atoms with E-state index in [-0.39, 0.29) is 6.09 Å². The van der Waals surface area contributed by atoms with Crippen LogP contribution in [0, 0.1) is 0 Å². The van der Waals surface area contributed by atoms with Gasteiger partial charge in [0.15, 0.2) is 0 Å². The second kappa shape index (κ2) is 6.20. The van der Waals surface area contributed by atoms with Gasteiger partial charge in [0.05, 0.1) is 3.79 Å². The van der Waals surface area contributed by atoms with Gasteiger partial charge in [0.25, 0.3) is 0 Å². The summed E-state index contributed by atoms with van der Waals surface area (Å²) in [5.74, 6) is 0. The summed E-state index contributed by atoms with van der Waals surface area (Å²) in [5.41, 5.74) is -0.445. The molecular formula is C11H15Br2NO2S. The summed E-state index contributed by atoms with van der Waals surface area (Å²) in [6.45, 7) is 6.12. The fraction of sp³-hybridized carbons (Fsp3) is 0.545. The normalized spacial score (nSPS) is 11.4. The first-order chi connectivity index (χ1) is 7.78. The lowest BCUT2D eigenvalue weighted by Gasteiger charge is -2.19. The van der Waals surface area contributed by atoms with Crippen LogP contribution in [0.2, 0.25) is 0 Å². The molecule has 0 saturated carbocycles. The third-order valence-corrected chi connectivity index (χ3v) is 5.05. The Morgan fingerprint density at radius 1 is 1.47 bits per heavy atom. The van der Waals surface area contributed by atoms with E-state index in [4.69, 9.17) is 4.74 Å². The molecule has 0 atom stereocenters. The maximum absolute atomic E-state index is 11.4. The summed E-state index contributed by atoms with van der Waals surface area (Å²) < 4.78 is 7.26. The van der Waals surface area contributed by atoms with E-state index in [1.165, 1.54) is 4.88 Å². The second-order valence-corrected chi connectivity index (χ2v) is 7.82. The van der Waals surface area contributed by atoms with E-state index in [0.717, 1.165) is 14.7 Å². The number of thiophene rings is 1. The Morgan fingerprint density at radius 2 is 2.12 bits per heavy atom. The number of halogens is 2. The van der Waals surface area contributed by atoms with Gasteiger partial charge in [-0.25, -0.2) is 4.79 Å². The Hall–Kier alpha value is -0.0700. The quantitative estimate of drug-likeness (QED) is 0.841. The molecule has 0 spiro atoms. The van der Waals surface area contributed by atoms with Gasteiger partial charge in [-0.15, -0.1) is 11.3 Å². The molecule has 0 bridgehead atoms. The van der Waals surface area contributed by atoms with Gasteiger partial charge in [-0.2, -0.15) is 0 Å². The molecule has 1 aromatic heterocycles. The van der Waals surface area contributed by atoms with Gasteiger partial charge in [0, 0.05) is 15.9 Å². The highest BCUT2D eigenvalue weighted by Gasteiger charge is 2.15. The first-order valence-electron chi connectivity index (χ1n) is 5.18. The number of carbonyl (C=O) groups excluding carboxylic acids is 1. The van der Waals surface area contributed by atoms with Crippen LogP contribution in [-0.2, 0) is 11.2 Å². The number of amides is 1. The van der Waals surface area contributed by atoms with Crippen LogP contribution < -0.4 is 5.32 Å². The predicted molar refractivity (Wildman–Crippen MR) is 77.7 cm³/mol. The zero-order valence-corrected chi connectivity index (χ0v) is 14.0. The summed E-state index contributed by atoms with van der Waals surface area (Å²) >= 11 is 8.52. The zero-order valence-electron chi connectivity index (χ0n) is 9.97. The molecule has 0 fully saturated rings. The third kappa shape index (κ3) is 5.88. The number of hydrogen-bond acceptors (Lipinski definition) is 3. The minimum absolute atomic E-state index is 0.368. The summed E-state index contributed by atoms with van der Waals surface area (Å²) in [7, 11) is 0. The van der Waals surface area contributed by atoms with E-state index in [1.54, 1.807) is 11.3 Å². The van der Waals surface area contributed by atoms with Crippen LogP contribution >= 0.6 is 43.2 Å². The van der Waals surface area contributed by atoms with Gasteiger partial charge in [0.2, 0.25) is 0 Å². The number of nitrogens with one attached hydrogen (secondary N) is 1. The van der Waals surface area contributed by atoms with Crippen molar-refractivity contribution in [3.63, 3.8) is 0 Å². The third-order valence-electron chi connectivity index (χ3n) is 1.74. The van der Waals surface area contributed by atoms with Crippen LogP contribution in [0.3, 0.4) is 0 Å². The second-order valence-electron chi connectivity index (χ2n) is 4.51. The van der Waals surface area contributed by atoms with E-state index in [0.29, 0.717) is 6.54 Å². The predicted octanol–water partition coefficient (Wildman–Crippen LogP) is 4.34. The molecule has 1 heterocycles. The molecule has 0 aliphatic rings. The van der Waals surface area contributed by atoms with Crippen molar-refractivity contribution in [2.24, 2.45) is 0 Å². The van der Waals surface area contributed by atoms with Crippen molar-refractivity contribution in [3.8, 4) is 0 Å². The minimum Gasteiger partial charge on any atom is -0.444 e. The summed E-state index contributed by atoms with van der Waals surface area (Å²) in [4.78, 5) is 12.6. The Labute approximate surface area is 122 Å². The Morgan fingerprint density at radius 3 is 2.59 bits per heavy atom. The van der Waals surface area contributed by atoms with Crippen molar-refractivity contribution in [1.82, 2.24) is 5.32 Å². The van der Waals surface area contributed by atoms with Crippen LogP contribution in [-0.4, -0.2) is 18.2 Å². The lowest BCUT2D eigenvalue weighted by Crippen LogP contribution is -2.33. The minimum atomic E-state index is -0.445. The largest absolute Gasteiger partial charge is 0.444 e. The summed E-state index contributed by atoms with van der Waals surface area (Å²) in [5, 5.41) is 2.73. The van der Waals surface area contributed by atoms with Gasteiger partial charge < -0.3 is 10.1 Å². The van der Waals surface area contributed by atoms with E-state index < -0.39 is 5.60 Å². The zero-order chi connectivity index (χ0) is 13.1. The summed E-state index contributed by atoms with van der Waals surface area (Å²) in [6.07, 6.45) is 0.431. The van der Waals surface area contributed by atoms with E-state index in [9.17, 15) is 4.79 Å². The lowest BCUT2D eigenvalue weighted by atomic mass is 10.2. The van der Waals surface area contributed by atoms with Crippen LogP contribution in [0.1, 0.15) is 25.6 Å². The van der Waals surface area contributed by atoms with Crippen molar-refractivity contribution in [2.45, 2.75) is 32.8 Å². The highest BCUT2D eigenvalue weighted by molar-refractivity contribution is 9.13. The lowest BCUT2D eigenvalue weighted by molar-refractivity contribution is 0.0528. The molecule has 1 rings (SSSR count). The fourth-order valence-corrected chi connectivity index (χ4v) is 3.29. The van der Waals surface area contributed by atoms with Crippen LogP contribution in [0.15, 0.2) is 14.3 Å². The molecule has 0 aliphatic carbocycles. The van der Waals surface area contributed by atoms with Crippen LogP contribution in [0.5, 0.6) is 0 Å². The van der Waals surface area contributed by atoms with Gasteiger partial charge in [-0.1, -0.05) is 0 Å². The molecule has 0 saturated heterocycles. The fourth-order valence-electron chi connectivity index (χ4n) is 1.12. The van der Waals surface area contributed by atoms with Crippen molar-refractivity contribution < 1.29 is 9.53 Å². The molecule has 0 aliphatic heterocycles. The van der Waals surface area contributed by atoms with Gasteiger partial charge >= 0.3 is 6.09 Å². The molecule has 0 unspecified atom stereocenters. The average Bonchev–Trinajstić information content (AvgIpc) is 2.43. The van der Waals surface area contributed by atoms with Crippen LogP contribution in [0.4, 0.5) is 4.79 Å². The van der Waals surface area contributed by atoms with Gasteiger partial charge in [-0.05, 0) is 65.1 Å². The monoisotopic (exact) mass is 383 g/mol. The number of rotatable bonds is 3. The summed E-state index contributed by atoms with van der Waals surface area (Å²) in [6, 6.07) is 2.05. The van der Waals surface area contributed by atoms with Crippen LogP contribution in [0.25, 0.3) is 0 Å². The standard InChI is InChI=1S/C11H15Br2NO2S/c1-11(2,3)16-10(15)14-5-4-7-6-8(12)9(13)17-7/h6H,4-5H2,1-3H3,(H,14,15). The molecule has 1 aromatic rings. The van der Waals surface area contributed by atoms with Crippen molar-refractivity contribution in [1.29, 1.82) is 0 Å². The average molecular weight is 385 g/mol. The molecule has 6 heteroatoms. The Bertz CT molecular complexity index is 379. The molecule has 3 nitrogen and oxygen atoms in total.